The Morgan fingerprint density at radius 1 is 1.45 bits per heavy atom. The van der Waals surface area contributed by atoms with Crippen LogP contribution in [0.4, 0.5) is 0 Å². The molecule has 1 aromatic rings. The molecule has 0 aliphatic carbocycles. The summed E-state index contributed by atoms with van der Waals surface area (Å²) >= 11 is 0. The minimum absolute atomic E-state index is 0.0790. The van der Waals surface area contributed by atoms with Crippen LogP contribution in [0, 0.1) is 5.92 Å². The predicted octanol–water partition coefficient (Wildman–Crippen LogP) is 2.56. The number of carbonyl (C=O) groups excluding carboxylic acids is 1. The van der Waals surface area contributed by atoms with Crippen molar-refractivity contribution in [3.05, 3.63) is 23.7 Å². The molecule has 1 unspecified atom stereocenters. The van der Waals surface area contributed by atoms with Gasteiger partial charge in [0.05, 0.1) is 0 Å². The summed E-state index contributed by atoms with van der Waals surface area (Å²) in [6.45, 7) is 3.34. The van der Waals surface area contributed by atoms with Crippen LogP contribution in [0.2, 0.25) is 0 Å². The fraction of sp³-hybridized carbons (Fsp3) is 0.600. The zero-order valence-corrected chi connectivity index (χ0v) is 11.8. The average Bonchev–Trinajstić information content (AvgIpc) is 2.93. The van der Waals surface area contributed by atoms with Crippen LogP contribution in [0.1, 0.15) is 48.9 Å². The molecule has 1 aliphatic rings. The first-order valence-electron chi connectivity index (χ1n) is 7.20. The molecule has 0 aromatic carbocycles. The van der Waals surface area contributed by atoms with Crippen LogP contribution in [0.3, 0.4) is 0 Å². The summed E-state index contributed by atoms with van der Waals surface area (Å²) in [6.07, 6.45) is 3.51. The fourth-order valence-corrected chi connectivity index (χ4v) is 2.65. The van der Waals surface area contributed by atoms with E-state index in [1.54, 1.807) is 11.0 Å². The second-order valence-corrected chi connectivity index (χ2v) is 5.31. The lowest BCUT2D eigenvalue weighted by atomic mass is 9.93. The van der Waals surface area contributed by atoms with Crippen molar-refractivity contribution in [3.8, 4) is 0 Å². The number of aliphatic carboxylic acids is 1. The molecule has 2 rings (SSSR count). The monoisotopic (exact) mass is 279 g/mol. The fourth-order valence-electron chi connectivity index (χ4n) is 2.65. The van der Waals surface area contributed by atoms with Crippen molar-refractivity contribution in [2.24, 2.45) is 5.92 Å². The van der Waals surface area contributed by atoms with E-state index < -0.39 is 5.97 Å². The Kier molecular flexibility index (Phi) is 4.82. The third-order valence-corrected chi connectivity index (χ3v) is 3.79. The maximum Gasteiger partial charge on any atom is 0.303 e. The van der Waals surface area contributed by atoms with Crippen LogP contribution in [0.25, 0.3) is 0 Å². The van der Waals surface area contributed by atoms with E-state index in [4.69, 9.17) is 9.52 Å². The maximum atomic E-state index is 12.3. The largest absolute Gasteiger partial charge is 0.481 e. The summed E-state index contributed by atoms with van der Waals surface area (Å²) in [6, 6.07) is 3.56. The molecule has 5 nitrogen and oxygen atoms in total. The van der Waals surface area contributed by atoms with Gasteiger partial charge < -0.3 is 14.4 Å². The number of aryl methyl sites for hydroxylation is 1. The Morgan fingerprint density at radius 2 is 2.25 bits per heavy atom. The van der Waals surface area contributed by atoms with Crippen molar-refractivity contribution in [1.29, 1.82) is 0 Å². The summed E-state index contributed by atoms with van der Waals surface area (Å²) in [5.41, 5.74) is 0. The smallest absolute Gasteiger partial charge is 0.303 e. The van der Waals surface area contributed by atoms with E-state index in [0.717, 1.165) is 31.6 Å². The quantitative estimate of drug-likeness (QED) is 0.899. The highest BCUT2D eigenvalue weighted by Crippen LogP contribution is 2.23. The number of furan rings is 1. The van der Waals surface area contributed by atoms with Crippen molar-refractivity contribution in [3.63, 3.8) is 0 Å². The lowest BCUT2D eigenvalue weighted by Gasteiger charge is -2.32. The van der Waals surface area contributed by atoms with Gasteiger partial charge in [0.2, 0.25) is 0 Å². The van der Waals surface area contributed by atoms with Gasteiger partial charge in [-0.3, -0.25) is 9.59 Å². The van der Waals surface area contributed by atoms with E-state index in [1.807, 2.05) is 13.0 Å². The Morgan fingerprint density at radius 3 is 2.90 bits per heavy atom. The number of carboxylic acid groups (broad SMARTS) is 1. The van der Waals surface area contributed by atoms with Gasteiger partial charge in [-0.15, -0.1) is 0 Å². The topological polar surface area (TPSA) is 70.8 Å². The van der Waals surface area contributed by atoms with E-state index in [-0.39, 0.29) is 18.2 Å². The molecule has 1 atom stereocenters. The molecule has 0 saturated carbocycles. The molecule has 1 fully saturated rings. The highest BCUT2D eigenvalue weighted by Gasteiger charge is 2.26. The molecule has 0 bridgehead atoms. The molecule has 110 valence electrons. The number of carboxylic acids is 1. The van der Waals surface area contributed by atoms with Gasteiger partial charge >= 0.3 is 5.97 Å². The van der Waals surface area contributed by atoms with E-state index >= 15 is 0 Å². The maximum absolute atomic E-state index is 12.3. The number of rotatable bonds is 5. The number of likely N-dealkylation sites (tertiary alicyclic amines) is 1. The van der Waals surface area contributed by atoms with Gasteiger partial charge in [-0.25, -0.2) is 0 Å². The normalized spacial score (nSPS) is 19.1. The minimum atomic E-state index is -0.771. The Bertz CT molecular complexity index is 480. The number of piperidine rings is 1. The summed E-state index contributed by atoms with van der Waals surface area (Å²) in [5.74, 6) is 0.634. The molecular weight excluding hydrogens is 258 g/mol. The zero-order chi connectivity index (χ0) is 14.5. The summed E-state index contributed by atoms with van der Waals surface area (Å²) in [4.78, 5) is 24.7. The van der Waals surface area contributed by atoms with E-state index in [1.165, 1.54) is 0 Å². The van der Waals surface area contributed by atoms with Crippen LogP contribution in [-0.4, -0.2) is 35.0 Å². The first kappa shape index (κ1) is 14.6. The van der Waals surface area contributed by atoms with Gasteiger partial charge in [-0.05, 0) is 37.3 Å². The second-order valence-electron chi connectivity index (χ2n) is 5.31. The molecule has 2 heterocycles. The number of hydrogen-bond acceptors (Lipinski definition) is 3. The predicted molar refractivity (Wildman–Crippen MR) is 73.6 cm³/mol. The summed E-state index contributed by atoms with van der Waals surface area (Å²) in [5, 5.41) is 8.73. The van der Waals surface area contributed by atoms with E-state index in [9.17, 15) is 9.59 Å². The van der Waals surface area contributed by atoms with Gasteiger partial charge in [-0.1, -0.05) is 6.92 Å². The van der Waals surface area contributed by atoms with Crippen molar-refractivity contribution in [1.82, 2.24) is 4.90 Å². The Hall–Kier alpha value is -1.78. The third-order valence-electron chi connectivity index (χ3n) is 3.79. The van der Waals surface area contributed by atoms with Crippen molar-refractivity contribution >= 4 is 11.9 Å². The molecule has 1 N–H and O–H groups in total. The van der Waals surface area contributed by atoms with Gasteiger partial charge in [0.1, 0.15) is 5.76 Å². The van der Waals surface area contributed by atoms with Crippen LogP contribution in [0.15, 0.2) is 16.5 Å². The second kappa shape index (κ2) is 6.59. The zero-order valence-electron chi connectivity index (χ0n) is 11.8. The molecule has 1 saturated heterocycles. The molecule has 1 amide bonds. The lowest BCUT2D eigenvalue weighted by molar-refractivity contribution is -0.137. The van der Waals surface area contributed by atoms with E-state index in [2.05, 4.69) is 0 Å². The van der Waals surface area contributed by atoms with Crippen molar-refractivity contribution < 1.29 is 19.1 Å². The third kappa shape index (κ3) is 3.62. The van der Waals surface area contributed by atoms with Gasteiger partial charge in [0, 0.05) is 25.9 Å². The Balaban J connectivity index is 1.94. The Labute approximate surface area is 118 Å². The van der Waals surface area contributed by atoms with Crippen LogP contribution < -0.4 is 0 Å². The molecule has 5 heteroatoms. The molecule has 1 aromatic heterocycles. The molecule has 0 radical (unpaired) electrons. The number of hydrogen-bond donors (Lipinski definition) is 1. The standard InChI is InChI=1S/C15H21NO4/c1-2-12-6-7-13(20-12)15(19)16-9-3-4-11(10-16)5-8-14(17)18/h6-7,11H,2-5,8-10H2,1H3,(H,17,18). The average molecular weight is 279 g/mol. The minimum Gasteiger partial charge on any atom is -0.481 e. The summed E-state index contributed by atoms with van der Waals surface area (Å²) in [7, 11) is 0. The highest BCUT2D eigenvalue weighted by molar-refractivity contribution is 5.91. The number of nitrogens with zero attached hydrogens (tertiary/aromatic N) is 1. The van der Waals surface area contributed by atoms with E-state index in [0.29, 0.717) is 18.7 Å². The van der Waals surface area contributed by atoms with Gasteiger partial charge in [0.15, 0.2) is 5.76 Å². The van der Waals surface area contributed by atoms with Gasteiger partial charge in [-0.2, -0.15) is 0 Å². The first-order valence-corrected chi connectivity index (χ1v) is 7.20. The van der Waals surface area contributed by atoms with Crippen LogP contribution >= 0.6 is 0 Å². The van der Waals surface area contributed by atoms with Crippen molar-refractivity contribution in [2.75, 3.05) is 13.1 Å². The van der Waals surface area contributed by atoms with Crippen LogP contribution in [-0.2, 0) is 11.2 Å². The molecular formula is C15H21NO4. The lowest BCUT2D eigenvalue weighted by Crippen LogP contribution is -2.39. The first-order chi connectivity index (χ1) is 9.60. The number of amides is 1. The highest BCUT2D eigenvalue weighted by atomic mass is 16.4. The van der Waals surface area contributed by atoms with Crippen molar-refractivity contribution in [2.45, 2.75) is 39.0 Å². The summed E-state index contributed by atoms with van der Waals surface area (Å²) < 4.78 is 5.50. The van der Waals surface area contributed by atoms with Gasteiger partial charge in [0.25, 0.3) is 5.91 Å². The molecule has 20 heavy (non-hydrogen) atoms. The molecule has 1 aliphatic heterocycles. The van der Waals surface area contributed by atoms with Crippen LogP contribution in [0.5, 0.6) is 0 Å². The SMILES string of the molecule is CCc1ccc(C(=O)N2CCCC(CCC(=O)O)C2)o1. The number of carbonyl (C=O) groups is 2. The molecule has 0 spiro atoms.